The summed E-state index contributed by atoms with van der Waals surface area (Å²) in [5.41, 5.74) is 2.84. The van der Waals surface area contributed by atoms with Gasteiger partial charge in [0.05, 0.1) is 45.6 Å². The summed E-state index contributed by atoms with van der Waals surface area (Å²) in [4.78, 5) is 27.4. The van der Waals surface area contributed by atoms with E-state index in [4.69, 9.17) is 0 Å². The van der Waals surface area contributed by atoms with Crippen LogP contribution in [0, 0.1) is 17.6 Å². The zero-order chi connectivity index (χ0) is 29.7. The van der Waals surface area contributed by atoms with E-state index in [1.165, 1.54) is 36.4 Å². The molecule has 4 atom stereocenters. The smallest absolute Gasteiger partial charge is 0.233 e. The monoisotopic (exact) mass is 566 g/mol. The van der Waals surface area contributed by atoms with E-state index >= 15 is 0 Å². The molecular formula is C32H38F2N3O4+. The number of quaternary nitrogens is 1. The van der Waals surface area contributed by atoms with Crippen molar-refractivity contribution >= 4 is 17.5 Å². The highest BCUT2D eigenvalue weighted by molar-refractivity contribution is 6.03. The van der Waals surface area contributed by atoms with Crippen molar-refractivity contribution in [3.05, 3.63) is 101 Å². The predicted octanol–water partition coefficient (Wildman–Crippen LogP) is 4.26. The SMILES string of the molecule is C[N+](C)(C)CC(O)CC(=O)NCc1cccc(C2C(CCC(O)c3ccc(F)cc3)C(=O)N2c2ccc(F)cc2)c1. The van der Waals surface area contributed by atoms with Crippen molar-refractivity contribution in [1.82, 2.24) is 5.32 Å². The number of aliphatic hydroxyl groups excluding tert-OH is 2. The highest BCUT2D eigenvalue weighted by atomic mass is 19.1. The summed E-state index contributed by atoms with van der Waals surface area (Å²) < 4.78 is 27.5. The van der Waals surface area contributed by atoms with E-state index < -0.39 is 23.9 Å². The van der Waals surface area contributed by atoms with Crippen LogP contribution in [0.1, 0.15) is 48.1 Å². The number of aliphatic hydroxyl groups is 2. The van der Waals surface area contributed by atoms with Crippen LogP contribution >= 0.6 is 0 Å². The van der Waals surface area contributed by atoms with E-state index in [0.717, 1.165) is 11.1 Å². The van der Waals surface area contributed by atoms with Crippen LogP contribution in [0.5, 0.6) is 0 Å². The zero-order valence-electron chi connectivity index (χ0n) is 23.6. The maximum absolute atomic E-state index is 13.6. The number of likely N-dealkylation sites (N-methyl/N-ethyl adjacent to an activating group) is 1. The highest BCUT2D eigenvalue weighted by Gasteiger charge is 2.48. The molecule has 3 N–H and O–H groups in total. The number of nitrogens with one attached hydrogen (secondary N) is 1. The van der Waals surface area contributed by atoms with Crippen molar-refractivity contribution in [2.45, 2.75) is 44.1 Å². The number of β-lactam (4-membered cyclic amide) rings is 1. The highest BCUT2D eigenvalue weighted by Crippen LogP contribution is 2.46. The second kappa shape index (κ2) is 12.9. The molecule has 1 aliphatic rings. The van der Waals surface area contributed by atoms with Crippen molar-refractivity contribution in [2.24, 2.45) is 5.92 Å². The number of hydrogen-bond donors (Lipinski definition) is 3. The molecule has 4 unspecified atom stereocenters. The Bertz CT molecular complexity index is 1340. The van der Waals surface area contributed by atoms with Gasteiger partial charge < -0.3 is 24.9 Å². The van der Waals surface area contributed by atoms with Gasteiger partial charge in [-0.25, -0.2) is 8.78 Å². The summed E-state index contributed by atoms with van der Waals surface area (Å²) in [6, 6.07) is 18.6. The molecule has 3 aromatic rings. The van der Waals surface area contributed by atoms with Crippen LogP contribution in [0.3, 0.4) is 0 Å². The largest absolute Gasteiger partial charge is 0.388 e. The minimum atomic E-state index is -0.849. The van der Waals surface area contributed by atoms with E-state index in [2.05, 4.69) is 5.32 Å². The number of anilines is 1. The van der Waals surface area contributed by atoms with E-state index in [1.807, 2.05) is 45.4 Å². The van der Waals surface area contributed by atoms with Crippen molar-refractivity contribution in [1.29, 1.82) is 0 Å². The number of hydrogen-bond acceptors (Lipinski definition) is 4. The lowest BCUT2D eigenvalue weighted by Crippen LogP contribution is -2.55. The zero-order valence-corrected chi connectivity index (χ0v) is 23.6. The summed E-state index contributed by atoms with van der Waals surface area (Å²) in [6.07, 6.45) is -0.898. The van der Waals surface area contributed by atoms with Crippen LogP contribution in [-0.4, -0.2) is 60.3 Å². The molecule has 0 spiro atoms. The Kier molecular flexibility index (Phi) is 9.53. The average molecular weight is 567 g/mol. The molecule has 41 heavy (non-hydrogen) atoms. The third-order valence-electron chi connectivity index (χ3n) is 7.29. The maximum Gasteiger partial charge on any atom is 0.233 e. The molecule has 0 aromatic heterocycles. The third kappa shape index (κ3) is 7.97. The van der Waals surface area contributed by atoms with Crippen LogP contribution < -0.4 is 10.2 Å². The lowest BCUT2D eigenvalue weighted by molar-refractivity contribution is -0.873. The molecule has 0 radical (unpaired) electrons. The van der Waals surface area contributed by atoms with Gasteiger partial charge >= 0.3 is 0 Å². The van der Waals surface area contributed by atoms with Gasteiger partial charge in [0.15, 0.2) is 0 Å². The van der Waals surface area contributed by atoms with Gasteiger partial charge in [0.2, 0.25) is 11.8 Å². The number of nitrogens with zero attached hydrogens (tertiary/aromatic N) is 2. The molecule has 1 fully saturated rings. The lowest BCUT2D eigenvalue weighted by atomic mass is 9.78. The fraction of sp³-hybridized carbons (Fsp3) is 0.375. The van der Waals surface area contributed by atoms with Gasteiger partial charge in [0.25, 0.3) is 0 Å². The molecule has 0 saturated carbocycles. The topological polar surface area (TPSA) is 89.9 Å². The van der Waals surface area contributed by atoms with E-state index in [0.29, 0.717) is 35.1 Å². The van der Waals surface area contributed by atoms with Crippen molar-refractivity contribution in [3.63, 3.8) is 0 Å². The maximum atomic E-state index is 13.6. The lowest BCUT2D eigenvalue weighted by Gasteiger charge is -2.48. The van der Waals surface area contributed by atoms with Gasteiger partial charge in [-0.2, -0.15) is 0 Å². The fourth-order valence-electron chi connectivity index (χ4n) is 5.36. The van der Waals surface area contributed by atoms with Gasteiger partial charge in [-0.1, -0.05) is 36.4 Å². The standard InChI is InChI=1S/C32H37F2N3O4/c1-37(2,3)20-27(38)18-30(40)35-19-21-5-4-6-23(17-21)31-28(15-16-29(39)22-7-9-24(33)10-8-22)32(41)36(31)26-13-11-25(34)12-14-26/h4-14,17,27-29,31,38-39H,15-16,18-20H2,1-3H3/p+1. The van der Waals surface area contributed by atoms with Crippen LogP contribution in [0.25, 0.3) is 0 Å². The minimum Gasteiger partial charge on any atom is -0.388 e. The number of benzene rings is 3. The van der Waals surface area contributed by atoms with Gasteiger partial charge in [-0.05, 0) is 65.9 Å². The molecule has 218 valence electrons. The summed E-state index contributed by atoms with van der Waals surface area (Å²) in [7, 11) is 5.84. The van der Waals surface area contributed by atoms with E-state index in [1.54, 1.807) is 17.0 Å². The minimum absolute atomic E-state index is 0.00311. The Morgan fingerprint density at radius 3 is 2.24 bits per heavy atom. The molecule has 0 bridgehead atoms. The number of carbonyl (C=O) groups excluding carboxylic acids is 2. The molecule has 3 aromatic carbocycles. The molecule has 7 nitrogen and oxygen atoms in total. The molecule has 4 rings (SSSR count). The van der Waals surface area contributed by atoms with Crippen LogP contribution in [0.15, 0.2) is 72.8 Å². The summed E-state index contributed by atoms with van der Waals surface area (Å²) >= 11 is 0. The van der Waals surface area contributed by atoms with Crippen LogP contribution in [0.4, 0.5) is 14.5 Å². The van der Waals surface area contributed by atoms with E-state index in [-0.39, 0.29) is 36.6 Å². The number of halogens is 2. The summed E-state index contributed by atoms with van der Waals surface area (Å²) in [5, 5.41) is 23.8. The first-order chi connectivity index (χ1) is 19.4. The molecule has 0 aliphatic carbocycles. The molecule has 1 saturated heterocycles. The Labute approximate surface area is 239 Å². The summed E-state index contributed by atoms with van der Waals surface area (Å²) in [5.74, 6) is -1.60. The first kappa shape index (κ1) is 30.3. The first-order valence-corrected chi connectivity index (χ1v) is 13.8. The predicted molar refractivity (Wildman–Crippen MR) is 153 cm³/mol. The van der Waals surface area contributed by atoms with Crippen LogP contribution in [-0.2, 0) is 16.1 Å². The third-order valence-corrected chi connectivity index (χ3v) is 7.29. The van der Waals surface area contributed by atoms with Crippen molar-refractivity contribution in [3.8, 4) is 0 Å². The molecule has 1 heterocycles. The van der Waals surface area contributed by atoms with Crippen molar-refractivity contribution < 1.29 is 33.1 Å². The van der Waals surface area contributed by atoms with Crippen molar-refractivity contribution in [2.75, 3.05) is 32.6 Å². The van der Waals surface area contributed by atoms with Crippen LogP contribution in [0.2, 0.25) is 0 Å². The van der Waals surface area contributed by atoms with Gasteiger partial charge in [-0.15, -0.1) is 0 Å². The number of amides is 2. The Balaban J connectivity index is 1.48. The Morgan fingerprint density at radius 1 is 0.976 bits per heavy atom. The fourth-order valence-corrected chi connectivity index (χ4v) is 5.36. The summed E-state index contributed by atoms with van der Waals surface area (Å²) in [6.45, 7) is 0.712. The normalized spacial score (nSPS) is 18.5. The second-order valence-corrected chi connectivity index (χ2v) is 11.7. The second-order valence-electron chi connectivity index (χ2n) is 11.7. The molecule has 9 heteroatoms. The first-order valence-electron chi connectivity index (χ1n) is 13.8. The van der Waals surface area contributed by atoms with Gasteiger partial charge in [0, 0.05) is 12.2 Å². The van der Waals surface area contributed by atoms with E-state index in [9.17, 15) is 28.6 Å². The van der Waals surface area contributed by atoms with Gasteiger partial charge in [0.1, 0.15) is 24.3 Å². The molecule has 1 aliphatic heterocycles. The van der Waals surface area contributed by atoms with Gasteiger partial charge in [-0.3, -0.25) is 9.59 Å². The molecular weight excluding hydrogens is 528 g/mol. The average Bonchev–Trinajstić information content (AvgIpc) is 2.91. The number of rotatable bonds is 12. The Hall–Kier alpha value is -3.66. The quantitative estimate of drug-likeness (QED) is 0.226. The number of carbonyl (C=O) groups is 2. The molecule has 2 amide bonds. The Morgan fingerprint density at radius 2 is 1.61 bits per heavy atom.